The standard InChI is InChI=1S/C29H31F3N4O4/c30-29(31,32)13-12-19(21(25(33)37)16-17-10-11-17)27(38)35-26-28(39)36-14-5-15-40-22-9-4-8-20(24(22)36)23(34-26)18-6-2-1-3-7-18/h1-4,6-9,17,19,21,26H,5,10-16H2,(H2,33,37)(H,35,38)/t19-,21+,26-/m1/s1. The molecule has 0 unspecified atom stereocenters. The number of alkyl halides is 3. The lowest BCUT2D eigenvalue weighted by atomic mass is 9.83. The maximum Gasteiger partial charge on any atom is 0.389 e. The van der Waals surface area contributed by atoms with E-state index in [0.29, 0.717) is 47.8 Å². The van der Waals surface area contributed by atoms with Crippen LogP contribution in [0, 0.1) is 17.8 Å². The molecule has 0 bridgehead atoms. The van der Waals surface area contributed by atoms with E-state index in [2.05, 4.69) is 10.3 Å². The fraction of sp³-hybridized carbons (Fsp3) is 0.448. The minimum Gasteiger partial charge on any atom is -0.491 e. The van der Waals surface area contributed by atoms with E-state index in [-0.39, 0.29) is 12.3 Å². The summed E-state index contributed by atoms with van der Waals surface area (Å²) < 4.78 is 45.6. The van der Waals surface area contributed by atoms with Gasteiger partial charge in [-0.3, -0.25) is 14.4 Å². The Balaban J connectivity index is 1.53. The number of carbonyl (C=O) groups is 3. The number of carbonyl (C=O) groups excluding carboxylic acids is 3. The summed E-state index contributed by atoms with van der Waals surface area (Å²) in [6.45, 7) is 0.686. The number of nitrogens with two attached hydrogens (primary N) is 1. The van der Waals surface area contributed by atoms with Gasteiger partial charge in [-0.15, -0.1) is 0 Å². The number of primary amides is 1. The van der Waals surface area contributed by atoms with Crippen LogP contribution in [0.5, 0.6) is 5.75 Å². The lowest BCUT2D eigenvalue weighted by molar-refractivity contribution is -0.146. The smallest absolute Gasteiger partial charge is 0.389 e. The van der Waals surface area contributed by atoms with Gasteiger partial charge in [0.2, 0.25) is 18.0 Å². The zero-order chi connectivity index (χ0) is 28.4. The van der Waals surface area contributed by atoms with Crippen molar-refractivity contribution in [3.05, 3.63) is 59.7 Å². The summed E-state index contributed by atoms with van der Waals surface area (Å²) in [6, 6.07) is 14.5. The maximum atomic E-state index is 13.9. The Hall–Kier alpha value is -3.89. The number of anilines is 1. The van der Waals surface area contributed by atoms with Crippen LogP contribution in [0.25, 0.3) is 0 Å². The number of nitrogens with one attached hydrogen (secondary N) is 1. The Kier molecular flexibility index (Phi) is 7.82. The molecule has 0 saturated heterocycles. The molecule has 2 aromatic carbocycles. The van der Waals surface area contributed by atoms with Gasteiger partial charge in [-0.2, -0.15) is 13.2 Å². The molecule has 5 rings (SSSR count). The van der Waals surface area contributed by atoms with Crippen LogP contribution in [-0.2, 0) is 14.4 Å². The first kappa shape index (κ1) is 27.7. The number of hydrogen-bond acceptors (Lipinski definition) is 5. The molecular formula is C29H31F3N4O4. The van der Waals surface area contributed by atoms with Crippen molar-refractivity contribution < 1.29 is 32.3 Å². The monoisotopic (exact) mass is 556 g/mol. The van der Waals surface area contributed by atoms with Crippen molar-refractivity contribution >= 4 is 29.1 Å². The van der Waals surface area contributed by atoms with Crippen LogP contribution in [-0.4, -0.2) is 48.9 Å². The number of aliphatic imine (C=N–C) groups is 1. The third kappa shape index (κ3) is 6.13. The van der Waals surface area contributed by atoms with Gasteiger partial charge in [0.15, 0.2) is 0 Å². The highest BCUT2D eigenvalue weighted by Crippen LogP contribution is 2.40. The van der Waals surface area contributed by atoms with E-state index >= 15 is 0 Å². The van der Waals surface area contributed by atoms with E-state index in [1.54, 1.807) is 12.1 Å². The van der Waals surface area contributed by atoms with Gasteiger partial charge in [-0.25, -0.2) is 4.99 Å². The van der Waals surface area contributed by atoms with Gasteiger partial charge < -0.3 is 20.7 Å². The SMILES string of the molecule is NC(=O)[C@@H](CC1CC1)[C@@H](CCC(F)(F)F)C(=O)N[C@H]1N=C(c2ccccc2)c2cccc3c2N(CCCO3)C1=O. The Morgan fingerprint density at radius 2 is 1.85 bits per heavy atom. The second kappa shape index (κ2) is 11.3. The van der Waals surface area contributed by atoms with Crippen molar-refractivity contribution in [1.29, 1.82) is 0 Å². The molecule has 1 aliphatic carbocycles. The van der Waals surface area contributed by atoms with E-state index in [1.807, 2.05) is 36.4 Å². The third-order valence-corrected chi connectivity index (χ3v) is 7.60. The predicted octanol–water partition coefficient (Wildman–Crippen LogP) is 3.96. The number of hydrogen-bond donors (Lipinski definition) is 2. The Labute approximate surface area is 229 Å². The van der Waals surface area contributed by atoms with Crippen molar-refractivity contribution in [2.75, 3.05) is 18.1 Å². The molecule has 3 N–H and O–H groups in total. The fourth-order valence-corrected chi connectivity index (χ4v) is 5.43. The second-order valence-electron chi connectivity index (χ2n) is 10.5. The Morgan fingerprint density at radius 3 is 2.52 bits per heavy atom. The summed E-state index contributed by atoms with van der Waals surface area (Å²) >= 11 is 0. The minimum absolute atomic E-state index is 0.144. The fourth-order valence-electron chi connectivity index (χ4n) is 5.43. The molecule has 2 aromatic rings. The van der Waals surface area contributed by atoms with Gasteiger partial charge >= 0.3 is 6.18 Å². The number of halogens is 3. The van der Waals surface area contributed by atoms with Crippen molar-refractivity contribution in [3.8, 4) is 5.75 Å². The predicted molar refractivity (Wildman–Crippen MR) is 142 cm³/mol. The first-order valence-electron chi connectivity index (χ1n) is 13.5. The lowest BCUT2D eigenvalue weighted by Gasteiger charge is -2.28. The molecule has 0 aromatic heterocycles. The van der Waals surface area contributed by atoms with Crippen LogP contribution in [0.2, 0.25) is 0 Å². The summed E-state index contributed by atoms with van der Waals surface area (Å²) in [5.41, 5.74) is 7.88. The molecule has 3 amide bonds. The quantitative estimate of drug-likeness (QED) is 0.487. The Morgan fingerprint density at radius 1 is 1.10 bits per heavy atom. The van der Waals surface area contributed by atoms with Gasteiger partial charge in [0.1, 0.15) is 5.75 Å². The summed E-state index contributed by atoms with van der Waals surface area (Å²) in [7, 11) is 0. The third-order valence-electron chi connectivity index (χ3n) is 7.60. The normalized spacial score (nSPS) is 20.3. The highest BCUT2D eigenvalue weighted by Gasteiger charge is 2.42. The van der Waals surface area contributed by atoms with Crippen LogP contribution in [0.15, 0.2) is 53.5 Å². The summed E-state index contributed by atoms with van der Waals surface area (Å²) in [4.78, 5) is 46.1. The molecule has 8 nitrogen and oxygen atoms in total. The first-order valence-corrected chi connectivity index (χ1v) is 13.5. The molecule has 11 heteroatoms. The number of rotatable bonds is 9. The van der Waals surface area contributed by atoms with Crippen LogP contribution >= 0.6 is 0 Å². The number of amides is 3. The summed E-state index contributed by atoms with van der Waals surface area (Å²) in [5, 5.41) is 2.60. The van der Waals surface area contributed by atoms with Crippen molar-refractivity contribution in [2.45, 2.75) is 50.9 Å². The molecule has 0 radical (unpaired) electrons. The number of nitrogens with zero attached hydrogens (tertiary/aromatic N) is 2. The van der Waals surface area contributed by atoms with E-state index in [0.717, 1.165) is 12.8 Å². The Bertz CT molecular complexity index is 1310. The van der Waals surface area contributed by atoms with E-state index < -0.39 is 54.7 Å². The van der Waals surface area contributed by atoms with Crippen molar-refractivity contribution in [1.82, 2.24) is 5.32 Å². The largest absolute Gasteiger partial charge is 0.491 e. The van der Waals surface area contributed by atoms with Crippen LogP contribution in [0.1, 0.15) is 49.7 Å². The summed E-state index contributed by atoms with van der Waals surface area (Å²) in [6.07, 6.45) is -5.39. The van der Waals surface area contributed by atoms with Crippen LogP contribution in [0.3, 0.4) is 0 Å². The zero-order valence-electron chi connectivity index (χ0n) is 21.8. The first-order chi connectivity index (χ1) is 19.1. The van der Waals surface area contributed by atoms with E-state index in [4.69, 9.17) is 10.5 Å². The van der Waals surface area contributed by atoms with Crippen molar-refractivity contribution in [3.63, 3.8) is 0 Å². The molecule has 2 aliphatic heterocycles. The zero-order valence-corrected chi connectivity index (χ0v) is 21.8. The second-order valence-corrected chi connectivity index (χ2v) is 10.5. The van der Waals surface area contributed by atoms with Crippen LogP contribution < -0.4 is 20.7 Å². The average molecular weight is 557 g/mol. The topological polar surface area (TPSA) is 114 Å². The van der Waals surface area contributed by atoms with Gasteiger partial charge in [0.25, 0.3) is 5.91 Å². The van der Waals surface area contributed by atoms with Gasteiger partial charge in [-0.05, 0) is 31.2 Å². The summed E-state index contributed by atoms with van der Waals surface area (Å²) in [5.74, 6) is -3.99. The highest BCUT2D eigenvalue weighted by molar-refractivity contribution is 6.21. The van der Waals surface area contributed by atoms with Gasteiger partial charge in [-0.1, -0.05) is 55.3 Å². The molecule has 3 atom stereocenters. The molecule has 0 spiro atoms. The number of para-hydroxylation sites is 1. The van der Waals surface area contributed by atoms with E-state index in [9.17, 15) is 27.6 Å². The molecule has 40 heavy (non-hydrogen) atoms. The highest BCUT2D eigenvalue weighted by atomic mass is 19.4. The van der Waals surface area contributed by atoms with Crippen molar-refractivity contribution in [2.24, 2.45) is 28.5 Å². The van der Waals surface area contributed by atoms with Gasteiger partial charge in [0, 0.05) is 35.9 Å². The molecule has 212 valence electrons. The number of ether oxygens (including phenoxy) is 1. The van der Waals surface area contributed by atoms with Gasteiger partial charge in [0.05, 0.1) is 18.0 Å². The molecule has 1 saturated carbocycles. The number of benzene rings is 2. The minimum atomic E-state index is -4.53. The molecule has 3 aliphatic rings. The average Bonchev–Trinajstić information content (AvgIpc) is 3.76. The van der Waals surface area contributed by atoms with Crippen LogP contribution in [0.4, 0.5) is 18.9 Å². The lowest BCUT2D eigenvalue weighted by Crippen LogP contribution is -2.51. The van der Waals surface area contributed by atoms with E-state index in [1.165, 1.54) is 4.90 Å². The molecule has 1 fully saturated rings. The molecule has 2 heterocycles. The molecular weight excluding hydrogens is 525 g/mol. The maximum absolute atomic E-state index is 13.9.